The fourth-order valence-corrected chi connectivity index (χ4v) is 3.31. The highest BCUT2D eigenvalue weighted by atomic mass is 32.2. The van der Waals surface area contributed by atoms with Crippen molar-refractivity contribution in [1.29, 1.82) is 0 Å². The molecule has 1 N–H and O–H groups in total. The van der Waals surface area contributed by atoms with Gasteiger partial charge in [0.2, 0.25) is 5.95 Å². The van der Waals surface area contributed by atoms with Crippen LogP contribution in [0, 0.1) is 0 Å². The zero-order valence-corrected chi connectivity index (χ0v) is 16.6. The van der Waals surface area contributed by atoms with Gasteiger partial charge in [-0.25, -0.2) is 4.68 Å². The van der Waals surface area contributed by atoms with E-state index in [1.807, 2.05) is 49.3 Å². The van der Waals surface area contributed by atoms with E-state index in [9.17, 15) is 8.78 Å². The summed E-state index contributed by atoms with van der Waals surface area (Å²) in [7, 11) is 3.73. The fraction of sp³-hybridized carbons (Fsp3) is 0.150. The summed E-state index contributed by atoms with van der Waals surface area (Å²) in [5.74, 6) is -1.32. The Morgan fingerprint density at radius 2 is 1.72 bits per heavy atom. The van der Waals surface area contributed by atoms with E-state index >= 15 is 0 Å². The van der Waals surface area contributed by atoms with Crippen LogP contribution in [0.5, 0.6) is 0 Å². The van der Waals surface area contributed by atoms with Crippen LogP contribution in [0.25, 0.3) is 16.7 Å². The SMILES string of the molecule is CN(C)c1nc(Nc2ccc(SC(F)F)cc2)c2cnn(-c3ccccc3)c2n1. The van der Waals surface area contributed by atoms with Crippen LogP contribution in [0.15, 0.2) is 65.7 Å². The van der Waals surface area contributed by atoms with Crippen LogP contribution < -0.4 is 10.2 Å². The Morgan fingerprint density at radius 1 is 1.00 bits per heavy atom. The summed E-state index contributed by atoms with van der Waals surface area (Å²) in [5, 5.41) is 8.50. The van der Waals surface area contributed by atoms with Gasteiger partial charge in [-0.2, -0.15) is 23.8 Å². The molecule has 2 aromatic heterocycles. The summed E-state index contributed by atoms with van der Waals surface area (Å²) >= 11 is 0.517. The average Bonchev–Trinajstić information content (AvgIpc) is 3.14. The van der Waals surface area contributed by atoms with Gasteiger partial charge in [0, 0.05) is 24.7 Å². The summed E-state index contributed by atoms with van der Waals surface area (Å²) < 4.78 is 26.8. The van der Waals surface area contributed by atoms with E-state index in [2.05, 4.69) is 20.4 Å². The second-order valence-electron chi connectivity index (χ2n) is 6.42. The molecule has 2 heterocycles. The lowest BCUT2D eigenvalue weighted by Crippen LogP contribution is -2.14. The third-order valence-electron chi connectivity index (χ3n) is 4.16. The number of benzene rings is 2. The topological polar surface area (TPSA) is 58.9 Å². The summed E-state index contributed by atoms with van der Waals surface area (Å²) in [5.41, 5.74) is 2.30. The first kappa shape index (κ1) is 19.1. The minimum absolute atomic E-state index is 0.504. The normalized spacial score (nSPS) is 11.2. The van der Waals surface area contributed by atoms with Gasteiger partial charge in [-0.3, -0.25) is 0 Å². The van der Waals surface area contributed by atoms with Crippen molar-refractivity contribution >= 4 is 40.2 Å². The van der Waals surface area contributed by atoms with Crippen LogP contribution >= 0.6 is 11.8 Å². The fourth-order valence-electron chi connectivity index (χ4n) is 2.81. The molecule has 0 aliphatic rings. The number of hydrogen-bond acceptors (Lipinski definition) is 6. The molecule has 0 bridgehead atoms. The largest absolute Gasteiger partial charge is 0.347 e. The van der Waals surface area contributed by atoms with E-state index in [0.717, 1.165) is 16.8 Å². The van der Waals surface area contributed by atoms with Crippen LogP contribution in [0.3, 0.4) is 0 Å². The van der Waals surface area contributed by atoms with Crippen molar-refractivity contribution in [2.24, 2.45) is 0 Å². The van der Waals surface area contributed by atoms with Gasteiger partial charge in [0.15, 0.2) is 5.65 Å². The molecule has 6 nitrogen and oxygen atoms in total. The molecule has 29 heavy (non-hydrogen) atoms. The highest BCUT2D eigenvalue weighted by Crippen LogP contribution is 2.30. The quantitative estimate of drug-likeness (QED) is 0.453. The number of aromatic nitrogens is 4. The Kier molecular flexibility index (Phi) is 5.30. The summed E-state index contributed by atoms with van der Waals surface area (Å²) in [4.78, 5) is 11.6. The minimum Gasteiger partial charge on any atom is -0.347 e. The lowest BCUT2D eigenvalue weighted by molar-refractivity contribution is 0.252. The zero-order valence-electron chi connectivity index (χ0n) is 15.8. The first-order chi connectivity index (χ1) is 14.0. The van der Waals surface area contributed by atoms with E-state index in [-0.39, 0.29) is 0 Å². The molecule has 0 radical (unpaired) electrons. The van der Waals surface area contributed by atoms with Gasteiger partial charge in [-0.1, -0.05) is 30.0 Å². The first-order valence-corrected chi connectivity index (χ1v) is 9.69. The lowest BCUT2D eigenvalue weighted by Gasteiger charge is -2.14. The third-order valence-corrected chi connectivity index (χ3v) is 4.88. The molecular weight excluding hydrogens is 394 g/mol. The Morgan fingerprint density at radius 3 is 2.38 bits per heavy atom. The van der Waals surface area contributed by atoms with Crippen LogP contribution in [0.4, 0.5) is 26.2 Å². The molecule has 0 spiro atoms. The Hall–Kier alpha value is -3.20. The van der Waals surface area contributed by atoms with Gasteiger partial charge in [0.1, 0.15) is 5.82 Å². The van der Waals surface area contributed by atoms with Crippen molar-refractivity contribution in [2.45, 2.75) is 10.7 Å². The number of halogens is 2. The molecule has 4 aromatic rings. The predicted octanol–water partition coefficient (Wildman–Crippen LogP) is 4.94. The van der Waals surface area contributed by atoms with Crippen LogP contribution in [0.2, 0.25) is 0 Å². The average molecular weight is 412 g/mol. The number of alkyl halides is 2. The lowest BCUT2D eigenvalue weighted by atomic mass is 10.3. The maximum Gasteiger partial charge on any atom is 0.288 e. The van der Waals surface area contributed by atoms with Crippen molar-refractivity contribution < 1.29 is 8.78 Å². The van der Waals surface area contributed by atoms with E-state index in [1.54, 1.807) is 35.1 Å². The summed E-state index contributed by atoms with van der Waals surface area (Å²) in [6.07, 6.45) is 1.71. The monoisotopic (exact) mass is 412 g/mol. The second kappa shape index (κ2) is 8.04. The van der Waals surface area contributed by atoms with Gasteiger partial charge >= 0.3 is 0 Å². The number of fused-ring (bicyclic) bond motifs is 1. The molecule has 0 fully saturated rings. The summed E-state index contributed by atoms with van der Waals surface area (Å²) in [6, 6.07) is 16.5. The van der Waals surface area contributed by atoms with Gasteiger partial charge in [-0.15, -0.1) is 0 Å². The maximum atomic E-state index is 12.5. The number of para-hydroxylation sites is 1. The Bertz CT molecular complexity index is 1110. The standard InChI is InChI=1S/C20H18F2N6S/c1-27(2)20-25-17(24-13-8-10-15(11-9-13)29-19(21)22)16-12-23-28(18(16)26-20)14-6-4-3-5-7-14/h3-12,19H,1-2H3,(H,24,25,26). The molecule has 148 valence electrons. The van der Waals surface area contributed by atoms with Gasteiger partial charge < -0.3 is 10.2 Å². The van der Waals surface area contributed by atoms with E-state index in [1.165, 1.54) is 0 Å². The number of rotatable bonds is 6. The predicted molar refractivity (Wildman–Crippen MR) is 113 cm³/mol. The number of nitrogens with one attached hydrogen (secondary N) is 1. The Labute approximate surface area is 170 Å². The van der Waals surface area contributed by atoms with Gasteiger partial charge in [0.25, 0.3) is 5.76 Å². The van der Waals surface area contributed by atoms with Crippen LogP contribution in [-0.4, -0.2) is 39.6 Å². The van der Waals surface area contributed by atoms with Gasteiger partial charge in [-0.05, 0) is 36.4 Å². The molecular formula is C20H18F2N6S. The molecule has 0 unspecified atom stereocenters. The van der Waals surface area contributed by atoms with Crippen molar-refractivity contribution in [3.05, 3.63) is 60.8 Å². The molecule has 0 aliphatic heterocycles. The van der Waals surface area contributed by atoms with Crippen molar-refractivity contribution in [1.82, 2.24) is 19.7 Å². The first-order valence-electron chi connectivity index (χ1n) is 8.81. The highest BCUT2D eigenvalue weighted by molar-refractivity contribution is 7.99. The van der Waals surface area contributed by atoms with E-state index in [4.69, 9.17) is 0 Å². The third kappa shape index (κ3) is 4.14. The van der Waals surface area contributed by atoms with Crippen LogP contribution in [-0.2, 0) is 0 Å². The molecule has 0 aliphatic carbocycles. The molecule has 0 amide bonds. The van der Waals surface area contributed by atoms with E-state index < -0.39 is 5.76 Å². The molecule has 2 aromatic carbocycles. The minimum atomic E-state index is -2.44. The molecule has 0 saturated carbocycles. The molecule has 0 saturated heterocycles. The molecule has 0 atom stereocenters. The summed E-state index contributed by atoms with van der Waals surface area (Å²) in [6.45, 7) is 0. The zero-order chi connectivity index (χ0) is 20.4. The Balaban J connectivity index is 1.74. The molecule has 9 heteroatoms. The van der Waals surface area contributed by atoms with Crippen molar-refractivity contribution in [3.63, 3.8) is 0 Å². The number of thioether (sulfide) groups is 1. The smallest absolute Gasteiger partial charge is 0.288 e. The number of nitrogens with zero attached hydrogens (tertiary/aromatic N) is 5. The van der Waals surface area contributed by atoms with Crippen LogP contribution in [0.1, 0.15) is 0 Å². The van der Waals surface area contributed by atoms with Crippen molar-refractivity contribution in [2.75, 3.05) is 24.3 Å². The number of anilines is 3. The van der Waals surface area contributed by atoms with E-state index in [0.29, 0.717) is 34.1 Å². The van der Waals surface area contributed by atoms with Gasteiger partial charge in [0.05, 0.1) is 17.3 Å². The maximum absolute atomic E-state index is 12.5. The molecule has 4 rings (SSSR count). The second-order valence-corrected chi connectivity index (χ2v) is 7.49. The number of hydrogen-bond donors (Lipinski definition) is 1. The highest BCUT2D eigenvalue weighted by Gasteiger charge is 2.15. The van der Waals surface area contributed by atoms with Crippen molar-refractivity contribution in [3.8, 4) is 5.69 Å².